The second-order valence-electron chi connectivity index (χ2n) is 9.95. The third-order valence-corrected chi connectivity index (χ3v) is 7.84. The van der Waals surface area contributed by atoms with E-state index in [1.54, 1.807) is 0 Å². The average Bonchev–Trinajstić information content (AvgIpc) is 3.22. The molecule has 2 N–H and O–H groups in total. The van der Waals surface area contributed by atoms with Crippen molar-refractivity contribution in [2.45, 2.75) is 51.0 Å². The Balaban J connectivity index is 1.18. The van der Waals surface area contributed by atoms with Crippen molar-refractivity contribution in [3.05, 3.63) is 71.6 Å². The number of hydrogen-bond donors (Lipinski definition) is 2. The van der Waals surface area contributed by atoms with Crippen LogP contribution < -0.4 is 0 Å². The van der Waals surface area contributed by atoms with Crippen LogP contribution in [0, 0.1) is 11.8 Å². The molecule has 168 valence electrons. The van der Waals surface area contributed by atoms with Crippen molar-refractivity contribution in [2.24, 2.45) is 11.8 Å². The number of aromatic amines is 1. The lowest BCUT2D eigenvalue weighted by Gasteiger charge is -2.51. The largest absolute Gasteiger partial charge is 0.389 e. The van der Waals surface area contributed by atoms with Gasteiger partial charge >= 0.3 is 0 Å². The first-order valence-corrected chi connectivity index (χ1v) is 12.1. The van der Waals surface area contributed by atoms with Crippen LogP contribution in [0.1, 0.15) is 50.4 Å². The number of allylic oxidation sites excluding steroid dienone is 1. The van der Waals surface area contributed by atoms with Crippen molar-refractivity contribution in [1.29, 1.82) is 0 Å². The first-order chi connectivity index (χ1) is 15.5. The van der Waals surface area contributed by atoms with Crippen LogP contribution in [0.25, 0.3) is 16.6 Å². The number of hydrogen-bond acceptors (Lipinski definition) is 3. The van der Waals surface area contributed by atoms with Crippen molar-refractivity contribution < 1.29 is 5.11 Å². The standard InChI is InChI=1S/C28H35N3O/c1-20-22-14-15-23(27(20)21-9-4-3-5-10-21)28(32,19-22)16-18-31(2)17-8-13-26-29-24-11-6-7-12-25(24)30-26/h3-7,9-12,22-23,32H,8,13-19H2,1-2H3,(H,29,30)/t22-,23?,28-/m1/s1. The summed E-state index contributed by atoms with van der Waals surface area (Å²) >= 11 is 0. The van der Waals surface area contributed by atoms with Gasteiger partial charge in [0.15, 0.2) is 0 Å². The van der Waals surface area contributed by atoms with Gasteiger partial charge in [-0.05, 0) is 81.8 Å². The van der Waals surface area contributed by atoms with Crippen LogP contribution in [0.3, 0.4) is 0 Å². The van der Waals surface area contributed by atoms with Gasteiger partial charge in [0, 0.05) is 18.9 Å². The zero-order chi connectivity index (χ0) is 22.1. The Morgan fingerprint density at radius 3 is 2.66 bits per heavy atom. The molecule has 4 heteroatoms. The van der Waals surface area contributed by atoms with E-state index in [1.165, 1.54) is 23.1 Å². The van der Waals surface area contributed by atoms with Crippen LogP contribution in [0.2, 0.25) is 0 Å². The predicted octanol–water partition coefficient (Wildman–Crippen LogP) is 5.45. The van der Waals surface area contributed by atoms with Gasteiger partial charge in [0.25, 0.3) is 0 Å². The molecule has 1 saturated carbocycles. The second-order valence-corrected chi connectivity index (χ2v) is 9.95. The molecule has 0 saturated heterocycles. The number of nitrogens with one attached hydrogen (secondary N) is 1. The zero-order valence-electron chi connectivity index (χ0n) is 19.3. The highest BCUT2D eigenvalue weighted by molar-refractivity contribution is 5.75. The summed E-state index contributed by atoms with van der Waals surface area (Å²) in [6.07, 6.45) is 6.12. The number of rotatable bonds is 8. The molecular weight excluding hydrogens is 394 g/mol. The highest BCUT2D eigenvalue weighted by atomic mass is 16.3. The highest BCUT2D eigenvalue weighted by Crippen LogP contribution is 2.54. The highest BCUT2D eigenvalue weighted by Gasteiger charge is 2.49. The Hall–Kier alpha value is -2.43. The molecular formula is C28H35N3O. The summed E-state index contributed by atoms with van der Waals surface area (Å²) in [5.74, 6) is 1.85. The minimum atomic E-state index is -0.583. The third-order valence-electron chi connectivity index (χ3n) is 7.84. The molecule has 3 aliphatic rings. The summed E-state index contributed by atoms with van der Waals surface area (Å²) < 4.78 is 0. The molecule has 1 aromatic heterocycles. The minimum absolute atomic E-state index is 0.263. The molecule has 0 amide bonds. The molecule has 0 aliphatic heterocycles. The second kappa shape index (κ2) is 8.84. The van der Waals surface area contributed by atoms with Crippen LogP contribution >= 0.6 is 0 Å². The fraction of sp³-hybridized carbons (Fsp3) is 0.464. The van der Waals surface area contributed by atoms with Crippen molar-refractivity contribution >= 4 is 16.6 Å². The monoisotopic (exact) mass is 429 g/mol. The molecule has 32 heavy (non-hydrogen) atoms. The molecule has 1 heterocycles. The summed E-state index contributed by atoms with van der Waals surface area (Å²) in [7, 11) is 2.18. The maximum absolute atomic E-state index is 11.8. The fourth-order valence-electron chi connectivity index (χ4n) is 6.04. The van der Waals surface area contributed by atoms with E-state index in [-0.39, 0.29) is 5.92 Å². The Kier molecular flexibility index (Phi) is 5.92. The molecule has 0 radical (unpaired) electrons. The van der Waals surface area contributed by atoms with Gasteiger partial charge < -0.3 is 15.0 Å². The molecule has 3 atom stereocenters. The van der Waals surface area contributed by atoms with Gasteiger partial charge in [0.05, 0.1) is 16.6 Å². The lowest BCUT2D eigenvalue weighted by molar-refractivity contribution is -0.0578. The van der Waals surface area contributed by atoms with Gasteiger partial charge in [-0.1, -0.05) is 48.0 Å². The van der Waals surface area contributed by atoms with Gasteiger partial charge in [-0.25, -0.2) is 4.98 Å². The summed E-state index contributed by atoms with van der Waals surface area (Å²) in [4.78, 5) is 10.5. The molecule has 3 aromatic rings. The summed E-state index contributed by atoms with van der Waals surface area (Å²) in [5.41, 5.74) is 5.81. The van der Waals surface area contributed by atoms with Crippen molar-refractivity contribution in [2.75, 3.05) is 20.1 Å². The van der Waals surface area contributed by atoms with E-state index in [0.29, 0.717) is 5.92 Å². The number of para-hydroxylation sites is 2. The van der Waals surface area contributed by atoms with Crippen molar-refractivity contribution in [3.63, 3.8) is 0 Å². The predicted molar refractivity (Wildman–Crippen MR) is 131 cm³/mol. The SMILES string of the molecule is CC1=C(c2ccccc2)C2CC[C@@H]1C[C@]2(O)CCN(C)CCCc1nc2ccccc2[nH]1. The van der Waals surface area contributed by atoms with Gasteiger partial charge in [0.2, 0.25) is 0 Å². The molecule has 6 rings (SSSR count). The number of aromatic nitrogens is 2. The quantitative estimate of drug-likeness (QED) is 0.500. The van der Waals surface area contributed by atoms with Gasteiger partial charge in [-0.2, -0.15) is 0 Å². The van der Waals surface area contributed by atoms with Crippen LogP contribution in [-0.4, -0.2) is 45.7 Å². The summed E-state index contributed by atoms with van der Waals surface area (Å²) in [6, 6.07) is 18.9. The first-order valence-electron chi connectivity index (χ1n) is 12.1. The van der Waals surface area contributed by atoms with Crippen molar-refractivity contribution in [3.8, 4) is 0 Å². The first kappa shape index (κ1) is 21.4. The topological polar surface area (TPSA) is 52.1 Å². The van der Waals surface area contributed by atoms with Crippen LogP contribution in [0.4, 0.5) is 0 Å². The van der Waals surface area contributed by atoms with E-state index in [2.05, 4.69) is 66.3 Å². The van der Waals surface area contributed by atoms with Crippen molar-refractivity contribution in [1.82, 2.24) is 14.9 Å². The number of nitrogens with zero attached hydrogens (tertiary/aromatic N) is 2. The molecule has 2 aromatic carbocycles. The lowest BCUT2D eigenvalue weighted by Crippen LogP contribution is -2.49. The maximum Gasteiger partial charge on any atom is 0.107 e. The van der Waals surface area contributed by atoms with Crippen LogP contribution in [0.5, 0.6) is 0 Å². The maximum atomic E-state index is 11.8. The number of imidazole rings is 1. The summed E-state index contributed by atoms with van der Waals surface area (Å²) in [5, 5.41) is 11.8. The number of aryl methyl sites for hydroxylation is 1. The molecule has 0 spiro atoms. The van der Waals surface area contributed by atoms with Crippen LogP contribution in [-0.2, 0) is 6.42 Å². The Bertz CT molecular complexity index is 1070. The third kappa shape index (κ3) is 4.14. The Morgan fingerprint density at radius 2 is 1.84 bits per heavy atom. The normalized spacial score (nSPS) is 25.2. The molecule has 4 nitrogen and oxygen atoms in total. The minimum Gasteiger partial charge on any atom is -0.389 e. The molecule has 2 bridgehead atoms. The van der Waals surface area contributed by atoms with E-state index in [9.17, 15) is 5.11 Å². The zero-order valence-corrected chi connectivity index (χ0v) is 19.3. The Morgan fingerprint density at radius 1 is 1.06 bits per heavy atom. The van der Waals surface area contributed by atoms with E-state index in [4.69, 9.17) is 4.98 Å². The average molecular weight is 430 g/mol. The number of H-pyrrole nitrogens is 1. The van der Waals surface area contributed by atoms with Gasteiger partial charge in [0.1, 0.15) is 5.82 Å². The number of aliphatic hydroxyl groups is 1. The van der Waals surface area contributed by atoms with Crippen LogP contribution in [0.15, 0.2) is 60.2 Å². The van der Waals surface area contributed by atoms with E-state index >= 15 is 0 Å². The Labute approximate surface area is 191 Å². The van der Waals surface area contributed by atoms with E-state index in [1.807, 2.05) is 12.1 Å². The summed E-state index contributed by atoms with van der Waals surface area (Å²) in [6.45, 7) is 4.24. The lowest BCUT2D eigenvalue weighted by atomic mass is 9.57. The van der Waals surface area contributed by atoms with E-state index in [0.717, 1.165) is 62.1 Å². The fourth-order valence-corrected chi connectivity index (χ4v) is 6.04. The molecule has 1 unspecified atom stereocenters. The molecule has 3 aliphatic carbocycles. The van der Waals surface area contributed by atoms with Gasteiger partial charge in [-0.3, -0.25) is 0 Å². The number of fused-ring (bicyclic) bond motifs is 3. The number of benzene rings is 2. The van der Waals surface area contributed by atoms with Gasteiger partial charge in [-0.15, -0.1) is 0 Å². The van der Waals surface area contributed by atoms with E-state index < -0.39 is 5.60 Å². The smallest absolute Gasteiger partial charge is 0.107 e. The molecule has 1 fully saturated rings.